The highest BCUT2D eigenvalue weighted by Crippen LogP contribution is 2.23. The van der Waals surface area contributed by atoms with Crippen molar-refractivity contribution in [2.45, 2.75) is 26.7 Å². The normalized spacial score (nSPS) is 11.1. The number of nitrogens with one attached hydrogen (secondary N) is 2. The average molecular weight is 360 g/mol. The number of para-hydroxylation sites is 1. The number of halogens is 2. The van der Waals surface area contributed by atoms with Crippen molar-refractivity contribution < 1.29 is 18.4 Å². The fourth-order valence-corrected chi connectivity index (χ4v) is 2.35. The van der Waals surface area contributed by atoms with Gasteiger partial charge in [-0.15, -0.1) is 0 Å². The van der Waals surface area contributed by atoms with E-state index in [9.17, 15) is 18.4 Å². The lowest BCUT2D eigenvalue weighted by molar-refractivity contribution is -0.138. The van der Waals surface area contributed by atoms with Gasteiger partial charge in [-0.1, -0.05) is 36.4 Å². The highest BCUT2D eigenvalue weighted by Gasteiger charge is 2.36. The first-order valence-corrected chi connectivity index (χ1v) is 8.40. The summed E-state index contributed by atoms with van der Waals surface area (Å²) in [7, 11) is 0. The lowest BCUT2D eigenvalue weighted by Crippen LogP contribution is -2.45. The number of aryl methyl sites for hydroxylation is 1. The molecule has 0 radical (unpaired) electrons. The van der Waals surface area contributed by atoms with Crippen LogP contribution in [0.25, 0.3) is 0 Å². The zero-order chi connectivity index (χ0) is 19.2. The molecule has 0 aliphatic carbocycles. The molecule has 4 nitrogen and oxygen atoms in total. The first-order chi connectivity index (χ1) is 12.3. The van der Waals surface area contributed by atoms with E-state index in [1.807, 2.05) is 30.3 Å². The van der Waals surface area contributed by atoms with Crippen LogP contribution < -0.4 is 10.6 Å². The summed E-state index contributed by atoms with van der Waals surface area (Å²) in [5.74, 6) is -3.06. The zero-order valence-corrected chi connectivity index (χ0v) is 14.8. The van der Waals surface area contributed by atoms with Crippen LogP contribution in [0.5, 0.6) is 0 Å². The van der Waals surface area contributed by atoms with Crippen molar-refractivity contribution in [3.63, 3.8) is 0 Å². The summed E-state index contributed by atoms with van der Waals surface area (Å²) in [6.45, 7) is 3.22. The Balaban J connectivity index is 1.89. The van der Waals surface area contributed by atoms with Crippen LogP contribution in [-0.2, 0) is 16.0 Å². The molecule has 0 unspecified atom stereocenters. The lowest BCUT2D eigenvalue weighted by Gasteiger charge is -2.23. The van der Waals surface area contributed by atoms with Crippen molar-refractivity contribution in [3.05, 3.63) is 65.7 Å². The first-order valence-electron chi connectivity index (χ1n) is 8.40. The molecule has 2 aromatic rings. The third-order valence-corrected chi connectivity index (χ3v) is 4.11. The number of rotatable bonds is 7. The summed E-state index contributed by atoms with van der Waals surface area (Å²) < 4.78 is 27.3. The number of amides is 2. The Morgan fingerprint density at radius 3 is 2.15 bits per heavy atom. The Morgan fingerprint density at radius 2 is 1.54 bits per heavy atom. The molecular formula is C20H22F2N2O2. The van der Waals surface area contributed by atoms with E-state index in [-0.39, 0.29) is 0 Å². The lowest BCUT2D eigenvalue weighted by atomic mass is 9.90. The highest BCUT2D eigenvalue weighted by atomic mass is 19.1. The van der Waals surface area contributed by atoms with Gasteiger partial charge in [0.2, 0.25) is 11.8 Å². The van der Waals surface area contributed by atoms with Crippen molar-refractivity contribution in [1.82, 2.24) is 5.32 Å². The van der Waals surface area contributed by atoms with Gasteiger partial charge in [-0.2, -0.15) is 0 Å². The average Bonchev–Trinajstić information content (AvgIpc) is 2.62. The van der Waals surface area contributed by atoms with Crippen molar-refractivity contribution in [1.29, 1.82) is 0 Å². The molecule has 0 aliphatic rings. The SMILES string of the molecule is CC(C)(C(=O)NCCCc1ccccc1)C(=O)Nc1c(F)cccc1F. The molecule has 0 heterocycles. The Bertz CT molecular complexity index is 756. The Morgan fingerprint density at radius 1 is 0.923 bits per heavy atom. The maximum Gasteiger partial charge on any atom is 0.239 e. The fraction of sp³-hybridized carbons (Fsp3) is 0.300. The predicted molar refractivity (Wildman–Crippen MR) is 96.5 cm³/mol. The van der Waals surface area contributed by atoms with Gasteiger partial charge in [0, 0.05) is 6.54 Å². The molecule has 0 aromatic heterocycles. The van der Waals surface area contributed by atoms with Crippen LogP contribution in [0.15, 0.2) is 48.5 Å². The molecule has 0 atom stereocenters. The van der Waals surface area contributed by atoms with E-state index in [1.54, 1.807) is 0 Å². The summed E-state index contributed by atoms with van der Waals surface area (Å²) in [6.07, 6.45) is 1.52. The van der Waals surface area contributed by atoms with Gasteiger partial charge in [0.15, 0.2) is 0 Å². The van der Waals surface area contributed by atoms with Crippen molar-refractivity contribution in [2.75, 3.05) is 11.9 Å². The Labute approximate surface area is 151 Å². The molecule has 0 fully saturated rings. The van der Waals surface area contributed by atoms with Crippen LogP contribution in [0, 0.1) is 17.0 Å². The molecule has 2 amide bonds. The van der Waals surface area contributed by atoms with Gasteiger partial charge in [-0.25, -0.2) is 8.78 Å². The third-order valence-electron chi connectivity index (χ3n) is 4.11. The molecule has 2 aromatic carbocycles. The van der Waals surface area contributed by atoms with E-state index in [0.29, 0.717) is 6.54 Å². The molecule has 2 N–H and O–H groups in total. The maximum absolute atomic E-state index is 13.7. The van der Waals surface area contributed by atoms with E-state index >= 15 is 0 Å². The number of benzene rings is 2. The summed E-state index contributed by atoms with van der Waals surface area (Å²) in [5.41, 5.74) is -0.863. The zero-order valence-electron chi connectivity index (χ0n) is 14.8. The summed E-state index contributed by atoms with van der Waals surface area (Å²) >= 11 is 0. The molecule has 2 rings (SSSR count). The standard InChI is InChI=1S/C20H22F2N2O2/c1-20(2,19(26)24-17-15(21)11-6-12-16(17)22)18(25)23-13-7-10-14-8-4-3-5-9-14/h3-6,8-9,11-12H,7,10,13H2,1-2H3,(H,23,25)(H,24,26). The van der Waals surface area contributed by atoms with E-state index in [1.165, 1.54) is 19.9 Å². The van der Waals surface area contributed by atoms with E-state index in [0.717, 1.165) is 30.5 Å². The van der Waals surface area contributed by atoms with Crippen molar-refractivity contribution in [2.24, 2.45) is 5.41 Å². The van der Waals surface area contributed by atoms with Crippen LogP contribution in [0.3, 0.4) is 0 Å². The van der Waals surface area contributed by atoms with Gasteiger partial charge in [-0.3, -0.25) is 9.59 Å². The van der Waals surface area contributed by atoms with Crippen LogP contribution in [0.4, 0.5) is 14.5 Å². The number of carbonyl (C=O) groups is 2. The van der Waals surface area contributed by atoms with E-state index in [4.69, 9.17) is 0 Å². The monoisotopic (exact) mass is 360 g/mol. The van der Waals surface area contributed by atoms with Crippen LogP contribution in [0.1, 0.15) is 25.8 Å². The second-order valence-electron chi connectivity index (χ2n) is 6.52. The minimum absolute atomic E-state index is 0.401. The molecule has 6 heteroatoms. The number of hydrogen-bond donors (Lipinski definition) is 2. The number of carbonyl (C=O) groups excluding carboxylic acids is 2. The quantitative estimate of drug-likeness (QED) is 0.585. The smallest absolute Gasteiger partial charge is 0.239 e. The van der Waals surface area contributed by atoms with Gasteiger partial charge < -0.3 is 10.6 Å². The number of anilines is 1. The predicted octanol–water partition coefficient (Wildman–Crippen LogP) is 3.68. The molecular weight excluding hydrogens is 338 g/mol. The van der Waals surface area contributed by atoms with E-state index in [2.05, 4.69) is 10.6 Å². The Kier molecular flexibility index (Phi) is 6.44. The van der Waals surface area contributed by atoms with Crippen molar-refractivity contribution in [3.8, 4) is 0 Å². The summed E-state index contributed by atoms with van der Waals surface area (Å²) in [4.78, 5) is 24.6. The van der Waals surface area contributed by atoms with E-state index < -0.39 is 34.6 Å². The maximum atomic E-state index is 13.7. The second kappa shape index (κ2) is 8.56. The molecule has 0 saturated carbocycles. The summed E-state index contributed by atoms with van der Waals surface area (Å²) in [5, 5.41) is 4.87. The van der Waals surface area contributed by atoms with Gasteiger partial charge >= 0.3 is 0 Å². The molecule has 0 aliphatic heterocycles. The van der Waals surface area contributed by atoms with Gasteiger partial charge in [0.05, 0.1) is 0 Å². The fourth-order valence-electron chi connectivity index (χ4n) is 2.35. The van der Waals surface area contributed by atoms with Crippen LogP contribution in [0.2, 0.25) is 0 Å². The highest BCUT2D eigenvalue weighted by molar-refractivity contribution is 6.09. The molecule has 0 spiro atoms. The molecule has 26 heavy (non-hydrogen) atoms. The molecule has 138 valence electrons. The largest absolute Gasteiger partial charge is 0.355 e. The first kappa shape index (κ1) is 19.6. The minimum Gasteiger partial charge on any atom is -0.355 e. The van der Waals surface area contributed by atoms with Crippen LogP contribution in [-0.4, -0.2) is 18.4 Å². The van der Waals surface area contributed by atoms with Gasteiger partial charge in [-0.05, 0) is 44.4 Å². The van der Waals surface area contributed by atoms with Crippen LogP contribution >= 0.6 is 0 Å². The van der Waals surface area contributed by atoms with Gasteiger partial charge in [0.25, 0.3) is 0 Å². The number of hydrogen-bond acceptors (Lipinski definition) is 2. The minimum atomic E-state index is -1.47. The summed E-state index contributed by atoms with van der Waals surface area (Å²) in [6, 6.07) is 13.1. The Hall–Kier alpha value is -2.76. The van der Waals surface area contributed by atoms with Crippen molar-refractivity contribution >= 4 is 17.5 Å². The molecule has 0 saturated heterocycles. The molecule has 0 bridgehead atoms. The second-order valence-corrected chi connectivity index (χ2v) is 6.52. The van der Waals surface area contributed by atoms with Gasteiger partial charge in [0.1, 0.15) is 22.7 Å². The topological polar surface area (TPSA) is 58.2 Å². The third kappa shape index (κ3) is 4.88.